The maximum Gasteiger partial charge on any atom is 0.335 e. The van der Waals surface area contributed by atoms with Crippen molar-refractivity contribution in [2.45, 2.75) is 6.92 Å². The van der Waals surface area contributed by atoms with E-state index >= 15 is 0 Å². The highest BCUT2D eigenvalue weighted by Crippen LogP contribution is 2.12. The Hall–Kier alpha value is -1.83. The zero-order valence-corrected chi connectivity index (χ0v) is 8.07. The Kier molecular flexibility index (Phi) is 3.68. The molecular weight excluding hydrogens is 176 g/mol. The zero-order valence-electron chi connectivity index (χ0n) is 8.07. The molecule has 0 aromatic heterocycles. The molecule has 0 radical (unpaired) electrons. The first-order valence-corrected chi connectivity index (χ1v) is 4.33. The number of hydrogen-bond acceptors (Lipinski definition) is 2. The third kappa shape index (κ3) is 2.90. The molecule has 0 saturated heterocycles. The highest BCUT2D eigenvalue weighted by molar-refractivity contribution is 5.86. The molecule has 1 aromatic carbocycles. The molecule has 1 rings (SSSR count). The molecule has 1 aromatic rings. The molecule has 0 aliphatic rings. The van der Waals surface area contributed by atoms with E-state index in [1.54, 1.807) is 13.0 Å². The molecule has 72 valence electrons. The number of allylic oxidation sites excluding steroid dienone is 1. The quantitative estimate of drug-likeness (QED) is 0.414. The molecule has 2 nitrogen and oxygen atoms in total. The van der Waals surface area contributed by atoms with Crippen LogP contribution in [0.2, 0.25) is 0 Å². The predicted molar refractivity (Wildman–Crippen MR) is 56.4 cm³/mol. The number of carbonyl (C=O) groups is 1. The number of benzene rings is 1. The van der Waals surface area contributed by atoms with Gasteiger partial charge in [0.25, 0.3) is 0 Å². The Morgan fingerprint density at radius 1 is 1.36 bits per heavy atom. The van der Waals surface area contributed by atoms with E-state index in [2.05, 4.69) is 6.58 Å². The highest BCUT2D eigenvalue weighted by Gasteiger charge is 2.02. The lowest BCUT2D eigenvalue weighted by atomic mass is 10.2. The summed E-state index contributed by atoms with van der Waals surface area (Å²) in [5.74, 6) is -0.0324. The molecule has 2 heteroatoms. The summed E-state index contributed by atoms with van der Waals surface area (Å²) in [6.45, 7) is 5.43. The van der Waals surface area contributed by atoms with Crippen molar-refractivity contribution in [3.8, 4) is 0 Å². The van der Waals surface area contributed by atoms with Gasteiger partial charge >= 0.3 is 5.97 Å². The van der Waals surface area contributed by atoms with Crippen molar-refractivity contribution in [3.05, 3.63) is 54.6 Å². The summed E-state index contributed by atoms with van der Waals surface area (Å²) >= 11 is 0. The first-order valence-electron chi connectivity index (χ1n) is 4.33. The van der Waals surface area contributed by atoms with E-state index in [0.29, 0.717) is 5.76 Å². The van der Waals surface area contributed by atoms with Crippen molar-refractivity contribution in [1.82, 2.24) is 0 Å². The Balaban J connectivity index is 2.64. The molecule has 0 atom stereocenters. The second kappa shape index (κ2) is 5.02. The Bertz CT molecular complexity index is 350. The standard InChI is InChI=1S/C12H12O2/c1-3-7-12(13)14-10(2)11-8-5-4-6-9-11/h3-9H,2H2,1H3/b7-3+. The lowest BCUT2D eigenvalue weighted by Gasteiger charge is -2.04. The van der Waals surface area contributed by atoms with E-state index < -0.39 is 5.97 Å². The van der Waals surface area contributed by atoms with Crippen LogP contribution in [0.15, 0.2) is 49.1 Å². The SMILES string of the molecule is C=C(OC(=O)/C=C/C)c1ccccc1. The third-order valence-corrected chi connectivity index (χ3v) is 1.62. The minimum absolute atomic E-state index is 0.369. The summed E-state index contributed by atoms with van der Waals surface area (Å²) in [5, 5.41) is 0. The molecule has 0 N–H and O–H groups in total. The van der Waals surface area contributed by atoms with Crippen molar-refractivity contribution >= 4 is 11.7 Å². The minimum Gasteiger partial charge on any atom is -0.423 e. The molecule has 0 fully saturated rings. The lowest BCUT2D eigenvalue weighted by Crippen LogP contribution is -1.98. The first kappa shape index (κ1) is 10.3. The van der Waals surface area contributed by atoms with Gasteiger partial charge in [-0.25, -0.2) is 4.79 Å². The van der Waals surface area contributed by atoms with Crippen molar-refractivity contribution in [2.75, 3.05) is 0 Å². The second-order valence-corrected chi connectivity index (χ2v) is 2.71. The van der Waals surface area contributed by atoms with Gasteiger partial charge in [0.05, 0.1) is 0 Å². The van der Waals surface area contributed by atoms with Crippen LogP contribution in [0.1, 0.15) is 12.5 Å². The average molecular weight is 188 g/mol. The van der Waals surface area contributed by atoms with Crippen LogP contribution >= 0.6 is 0 Å². The van der Waals surface area contributed by atoms with E-state index in [9.17, 15) is 4.79 Å². The maximum atomic E-state index is 11.1. The van der Waals surface area contributed by atoms with Crippen LogP contribution in [0.4, 0.5) is 0 Å². The summed E-state index contributed by atoms with van der Waals surface area (Å²) in [6.07, 6.45) is 2.98. The van der Waals surface area contributed by atoms with Gasteiger partial charge < -0.3 is 4.74 Å². The van der Waals surface area contributed by atoms with Gasteiger partial charge in [0.2, 0.25) is 0 Å². The fourth-order valence-electron chi connectivity index (χ4n) is 0.974. The van der Waals surface area contributed by atoms with Crippen LogP contribution in [0.3, 0.4) is 0 Å². The van der Waals surface area contributed by atoms with Gasteiger partial charge in [-0.05, 0) is 6.92 Å². The van der Waals surface area contributed by atoms with Crippen LogP contribution in [0, 0.1) is 0 Å². The summed E-state index contributed by atoms with van der Waals surface area (Å²) in [4.78, 5) is 11.1. The fraction of sp³-hybridized carbons (Fsp3) is 0.0833. The normalized spacial score (nSPS) is 10.1. The first-order chi connectivity index (χ1) is 6.74. The lowest BCUT2D eigenvalue weighted by molar-refractivity contribution is -0.131. The predicted octanol–water partition coefficient (Wildman–Crippen LogP) is 2.78. The van der Waals surface area contributed by atoms with Gasteiger partial charge in [-0.15, -0.1) is 0 Å². The molecule has 0 aliphatic heterocycles. The second-order valence-electron chi connectivity index (χ2n) is 2.71. The Labute approximate surface area is 83.5 Å². The summed E-state index contributed by atoms with van der Waals surface area (Å²) in [5.41, 5.74) is 0.811. The largest absolute Gasteiger partial charge is 0.423 e. The maximum absolute atomic E-state index is 11.1. The third-order valence-electron chi connectivity index (χ3n) is 1.62. The number of carbonyl (C=O) groups excluding carboxylic acids is 1. The summed E-state index contributed by atoms with van der Waals surface area (Å²) in [6, 6.07) is 9.30. The van der Waals surface area contributed by atoms with Crippen LogP contribution < -0.4 is 0 Å². The fourth-order valence-corrected chi connectivity index (χ4v) is 0.974. The minimum atomic E-state index is -0.402. The molecular formula is C12H12O2. The molecule has 0 spiro atoms. The van der Waals surface area contributed by atoms with E-state index in [1.165, 1.54) is 6.08 Å². The molecule has 0 saturated carbocycles. The number of ether oxygens (including phenoxy) is 1. The van der Waals surface area contributed by atoms with Crippen molar-refractivity contribution in [1.29, 1.82) is 0 Å². The molecule has 0 unspecified atom stereocenters. The van der Waals surface area contributed by atoms with Gasteiger partial charge in [-0.3, -0.25) is 0 Å². The number of hydrogen-bond donors (Lipinski definition) is 0. The molecule has 0 aliphatic carbocycles. The number of rotatable bonds is 3. The Morgan fingerprint density at radius 2 is 2.00 bits per heavy atom. The van der Waals surface area contributed by atoms with Crippen molar-refractivity contribution in [3.63, 3.8) is 0 Å². The Morgan fingerprint density at radius 3 is 2.57 bits per heavy atom. The highest BCUT2D eigenvalue weighted by atomic mass is 16.5. The molecule has 0 bridgehead atoms. The molecule has 14 heavy (non-hydrogen) atoms. The monoisotopic (exact) mass is 188 g/mol. The van der Waals surface area contributed by atoms with Gasteiger partial charge in [-0.1, -0.05) is 43.0 Å². The van der Waals surface area contributed by atoms with E-state index in [0.717, 1.165) is 5.56 Å². The zero-order chi connectivity index (χ0) is 10.4. The van der Waals surface area contributed by atoms with Crippen LogP contribution in [0.25, 0.3) is 5.76 Å². The van der Waals surface area contributed by atoms with Gasteiger partial charge in [-0.2, -0.15) is 0 Å². The van der Waals surface area contributed by atoms with Crippen LogP contribution in [-0.4, -0.2) is 5.97 Å². The topological polar surface area (TPSA) is 26.3 Å². The van der Waals surface area contributed by atoms with E-state index in [-0.39, 0.29) is 0 Å². The summed E-state index contributed by atoms with van der Waals surface area (Å²) in [7, 11) is 0. The van der Waals surface area contributed by atoms with Gasteiger partial charge in [0.15, 0.2) is 0 Å². The van der Waals surface area contributed by atoms with E-state index in [1.807, 2.05) is 30.3 Å². The number of esters is 1. The van der Waals surface area contributed by atoms with Crippen LogP contribution in [0.5, 0.6) is 0 Å². The van der Waals surface area contributed by atoms with Crippen molar-refractivity contribution in [2.24, 2.45) is 0 Å². The smallest absolute Gasteiger partial charge is 0.335 e. The van der Waals surface area contributed by atoms with Gasteiger partial charge in [0.1, 0.15) is 5.76 Å². The molecule has 0 amide bonds. The van der Waals surface area contributed by atoms with Gasteiger partial charge in [0, 0.05) is 11.6 Å². The molecule has 0 heterocycles. The average Bonchev–Trinajstić information content (AvgIpc) is 2.19. The van der Waals surface area contributed by atoms with Crippen molar-refractivity contribution < 1.29 is 9.53 Å². The van der Waals surface area contributed by atoms with E-state index in [4.69, 9.17) is 4.74 Å². The summed E-state index contributed by atoms with van der Waals surface area (Å²) < 4.78 is 4.96. The van der Waals surface area contributed by atoms with Crippen LogP contribution in [-0.2, 0) is 9.53 Å².